The van der Waals surface area contributed by atoms with Crippen LogP contribution in [0.5, 0.6) is 11.5 Å². The Morgan fingerprint density at radius 1 is 0.825 bits per heavy atom. The molecule has 6 heteroatoms. The predicted octanol–water partition coefficient (Wildman–Crippen LogP) is 7.71. The minimum absolute atomic E-state index is 0.220. The maximum atomic E-state index is 11.8. The first-order valence-electron chi connectivity index (χ1n) is 13.3. The van der Waals surface area contributed by atoms with E-state index in [1.165, 1.54) is 0 Å². The van der Waals surface area contributed by atoms with Gasteiger partial charge in [0.25, 0.3) is 0 Å². The summed E-state index contributed by atoms with van der Waals surface area (Å²) in [5.74, 6) is 1.14. The number of hydrogen-bond acceptors (Lipinski definition) is 5. The Balaban J connectivity index is 1.26. The molecule has 5 aromatic rings. The van der Waals surface area contributed by atoms with Crippen LogP contribution in [0, 0.1) is 6.92 Å². The number of ether oxygens (including phenoxy) is 2. The fourth-order valence-corrected chi connectivity index (χ4v) is 4.52. The molecule has 6 nitrogen and oxygen atoms in total. The number of rotatable bonds is 11. The highest BCUT2D eigenvalue weighted by Gasteiger charge is 2.19. The third-order valence-corrected chi connectivity index (χ3v) is 6.83. The lowest BCUT2D eigenvalue weighted by Gasteiger charge is -2.16. The Labute approximate surface area is 233 Å². The smallest absolute Gasteiger partial charge is 0.310 e. The number of oxazole rings is 1. The van der Waals surface area contributed by atoms with E-state index in [1.54, 1.807) is 19.1 Å². The number of carboxylic acids is 1. The molecule has 1 heterocycles. The molecule has 0 spiro atoms. The number of aliphatic carboxylic acids is 1. The molecule has 0 bridgehead atoms. The molecule has 1 N–H and O–H groups in total. The van der Waals surface area contributed by atoms with Crippen molar-refractivity contribution < 1.29 is 23.8 Å². The molecule has 1 unspecified atom stereocenters. The van der Waals surface area contributed by atoms with Crippen LogP contribution in [0.25, 0.3) is 22.6 Å². The van der Waals surface area contributed by atoms with Gasteiger partial charge in [-0.3, -0.25) is 4.79 Å². The number of benzene rings is 4. The van der Waals surface area contributed by atoms with E-state index in [0.29, 0.717) is 36.0 Å². The van der Waals surface area contributed by atoms with Crippen LogP contribution in [0.4, 0.5) is 0 Å². The Morgan fingerprint density at radius 2 is 1.45 bits per heavy atom. The van der Waals surface area contributed by atoms with Crippen LogP contribution < -0.4 is 9.47 Å². The van der Waals surface area contributed by atoms with Gasteiger partial charge in [-0.05, 0) is 72.5 Å². The molecule has 0 aliphatic rings. The van der Waals surface area contributed by atoms with Crippen LogP contribution in [-0.4, -0.2) is 22.7 Å². The van der Waals surface area contributed by atoms with Gasteiger partial charge >= 0.3 is 5.97 Å². The lowest BCUT2D eigenvalue weighted by Crippen LogP contribution is -2.12. The first-order valence-corrected chi connectivity index (χ1v) is 13.3. The van der Waals surface area contributed by atoms with Crippen LogP contribution in [-0.2, 0) is 17.8 Å². The minimum atomic E-state index is -0.891. The maximum absolute atomic E-state index is 11.8. The Morgan fingerprint density at radius 3 is 2.12 bits per heavy atom. The van der Waals surface area contributed by atoms with Crippen molar-refractivity contribution in [1.82, 2.24) is 4.98 Å². The molecule has 4 aromatic carbocycles. The Bertz CT molecular complexity index is 1560. The summed E-state index contributed by atoms with van der Waals surface area (Å²) in [5, 5.41) is 9.64. The van der Waals surface area contributed by atoms with E-state index in [4.69, 9.17) is 13.9 Å². The van der Waals surface area contributed by atoms with Crippen molar-refractivity contribution in [2.75, 3.05) is 6.61 Å². The second kappa shape index (κ2) is 12.3. The van der Waals surface area contributed by atoms with Crippen molar-refractivity contribution >= 4 is 5.97 Å². The van der Waals surface area contributed by atoms with Crippen LogP contribution >= 0.6 is 0 Å². The van der Waals surface area contributed by atoms with Gasteiger partial charge in [0.15, 0.2) is 0 Å². The molecular weight excluding hydrogens is 502 g/mol. The molecule has 1 atom stereocenters. The fourth-order valence-electron chi connectivity index (χ4n) is 4.52. The van der Waals surface area contributed by atoms with Gasteiger partial charge in [-0.25, -0.2) is 4.98 Å². The van der Waals surface area contributed by atoms with Gasteiger partial charge in [0.05, 0.1) is 18.2 Å². The molecule has 0 saturated carbocycles. The monoisotopic (exact) mass is 533 g/mol. The van der Waals surface area contributed by atoms with E-state index in [1.807, 2.05) is 85.8 Å². The van der Waals surface area contributed by atoms with Crippen molar-refractivity contribution in [2.45, 2.75) is 32.8 Å². The first-order chi connectivity index (χ1) is 19.5. The van der Waals surface area contributed by atoms with Gasteiger partial charge in [0.2, 0.25) is 5.89 Å². The topological polar surface area (TPSA) is 81.8 Å². The minimum Gasteiger partial charge on any atom is -0.493 e. The molecule has 202 valence electrons. The van der Waals surface area contributed by atoms with Gasteiger partial charge in [-0.1, -0.05) is 66.7 Å². The van der Waals surface area contributed by atoms with Gasteiger partial charge < -0.3 is 19.0 Å². The second-order valence-electron chi connectivity index (χ2n) is 9.59. The van der Waals surface area contributed by atoms with Gasteiger partial charge in [0, 0.05) is 12.0 Å². The van der Waals surface area contributed by atoms with E-state index in [-0.39, 0.29) is 6.61 Å². The fraction of sp³-hybridized carbons (Fsp3) is 0.176. The van der Waals surface area contributed by atoms with Crippen LogP contribution in [0.3, 0.4) is 0 Å². The SMILES string of the molecule is Cc1oc(-c2ccccc2)nc1CCOc1ccc(C(C)C(=O)O)c(COc2ccc(-c3ccccc3)cc2)c1. The van der Waals surface area contributed by atoms with E-state index >= 15 is 0 Å². The zero-order valence-electron chi connectivity index (χ0n) is 22.5. The molecule has 5 rings (SSSR count). The Kier molecular flexibility index (Phi) is 8.26. The van der Waals surface area contributed by atoms with Crippen molar-refractivity contribution in [3.05, 3.63) is 126 Å². The van der Waals surface area contributed by atoms with E-state index in [0.717, 1.165) is 33.7 Å². The third-order valence-electron chi connectivity index (χ3n) is 6.83. The maximum Gasteiger partial charge on any atom is 0.310 e. The number of carboxylic acid groups (broad SMARTS) is 1. The average Bonchev–Trinajstić information content (AvgIpc) is 3.37. The lowest BCUT2D eigenvalue weighted by molar-refractivity contribution is -0.138. The van der Waals surface area contributed by atoms with Gasteiger partial charge in [0.1, 0.15) is 23.9 Å². The van der Waals surface area contributed by atoms with Gasteiger partial charge in [-0.15, -0.1) is 0 Å². The van der Waals surface area contributed by atoms with E-state index in [2.05, 4.69) is 17.1 Å². The normalized spacial score (nSPS) is 11.7. The number of aromatic nitrogens is 1. The molecule has 0 radical (unpaired) electrons. The summed E-state index contributed by atoms with van der Waals surface area (Å²) in [4.78, 5) is 16.4. The summed E-state index contributed by atoms with van der Waals surface area (Å²) in [6.07, 6.45) is 0.578. The summed E-state index contributed by atoms with van der Waals surface area (Å²) >= 11 is 0. The van der Waals surface area contributed by atoms with Crippen molar-refractivity contribution in [1.29, 1.82) is 0 Å². The average molecular weight is 534 g/mol. The highest BCUT2D eigenvalue weighted by atomic mass is 16.5. The van der Waals surface area contributed by atoms with Crippen LogP contribution in [0.15, 0.2) is 108 Å². The molecule has 0 amide bonds. The summed E-state index contributed by atoms with van der Waals surface area (Å²) in [6.45, 7) is 4.20. The summed E-state index contributed by atoms with van der Waals surface area (Å²) in [6, 6.07) is 33.3. The Hall–Kier alpha value is -4.84. The van der Waals surface area contributed by atoms with Crippen LogP contribution in [0.2, 0.25) is 0 Å². The largest absolute Gasteiger partial charge is 0.493 e. The number of aryl methyl sites for hydroxylation is 1. The standard InChI is InChI=1S/C34H31NO5/c1-23(34(36)37)31-18-17-30(38-20-19-32-24(2)40-33(35-32)27-11-7-4-8-12-27)21-28(31)22-39-29-15-13-26(14-16-29)25-9-5-3-6-10-25/h3-18,21,23H,19-20,22H2,1-2H3,(H,36,37). The quantitative estimate of drug-likeness (QED) is 0.187. The van der Waals surface area contributed by atoms with Crippen LogP contribution in [0.1, 0.15) is 35.4 Å². The van der Waals surface area contributed by atoms with Crippen molar-refractivity contribution in [3.63, 3.8) is 0 Å². The first kappa shape index (κ1) is 26.8. The molecular formula is C34H31NO5. The highest BCUT2D eigenvalue weighted by Crippen LogP contribution is 2.28. The lowest BCUT2D eigenvalue weighted by atomic mass is 9.96. The molecule has 1 aromatic heterocycles. The van der Waals surface area contributed by atoms with E-state index < -0.39 is 11.9 Å². The second-order valence-corrected chi connectivity index (χ2v) is 9.59. The third kappa shape index (κ3) is 6.41. The number of nitrogens with zero attached hydrogens (tertiary/aromatic N) is 1. The van der Waals surface area contributed by atoms with E-state index in [9.17, 15) is 9.90 Å². The van der Waals surface area contributed by atoms with Crippen molar-refractivity contribution in [2.24, 2.45) is 0 Å². The zero-order valence-corrected chi connectivity index (χ0v) is 22.5. The highest BCUT2D eigenvalue weighted by molar-refractivity contribution is 5.76. The summed E-state index contributed by atoms with van der Waals surface area (Å²) in [5.41, 5.74) is 5.47. The molecule has 40 heavy (non-hydrogen) atoms. The molecule has 0 aliphatic carbocycles. The summed E-state index contributed by atoms with van der Waals surface area (Å²) < 4.78 is 18.0. The summed E-state index contributed by atoms with van der Waals surface area (Å²) in [7, 11) is 0. The van der Waals surface area contributed by atoms with Gasteiger partial charge in [-0.2, -0.15) is 0 Å². The molecule has 0 fully saturated rings. The predicted molar refractivity (Wildman–Crippen MR) is 155 cm³/mol. The number of hydrogen-bond donors (Lipinski definition) is 1. The zero-order chi connectivity index (χ0) is 27.9. The molecule has 0 saturated heterocycles. The number of carbonyl (C=O) groups is 1. The molecule has 0 aliphatic heterocycles. The van der Waals surface area contributed by atoms with Crippen molar-refractivity contribution in [3.8, 4) is 34.1 Å².